The van der Waals surface area contributed by atoms with Gasteiger partial charge < -0.3 is 4.90 Å². The van der Waals surface area contributed by atoms with Crippen LogP contribution in [0.4, 0.5) is 4.39 Å². The maximum absolute atomic E-state index is 13.1. The Balaban J connectivity index is 0.00000225. The van der Waals surface area contributed by atoms with Gasteiger partial charge in [-0.25, -0.2) is 4.39 Å². The first-order valence-electron chi connectivity index (χ1n) is 9.11. The molecule has 2 aliphatic rings. The van der Waals surface area contributed by atoms with Crippen molar-refractivity contribution in [2.45, 2.75) is 51.1 Å². The van der Waals surface area contributed by atoms with E-state index in [0.29, 0.717) is 6.04 Å². The summed E-state index contributed by atoms with van der Waals surface area (Å²) in [6.45, 7) is 5.18. The van der Waals surface area contributed by atoms with Crippen LogP contribution in [-0.2, 0) is 4.79 Å². The van der Waals surface area contributed by atoms with E-state index >= 15 is 0 Å². The van der Waals surface area contributed by atoms with Crippen LogP contribution in [0.5, 0.6) is 0 Å². The zero-order chi connectivity index (χ0) is 16.9. The summed E-state index contributed by atoms with van der Waals surface area (Å²) in [6.07, 6.45) is 8.72. The van der Waals surface area contributed by atoms with Crippen molar-refractivity contribution in [2.24, 2.45) is 0 Å². The van der Waals surface area contributed by atoms with Gasteiger partial charge in [-0.2, -0.15) is 0 Å². The van der Waals surface area contributed by atoms with Gasteiger partial charge in [0.05, 0.1) is 6.04 Å². The van der Waals surface area contributed by atoms with E-state index in [-0.39, 0.29) is 24.3 Å². The lowest BCUT2D eigenvalue weighted by Crippen LogP contribution is -2.55. The van der Waals surface area contributed by atoms with Gasteiger partial charge in [0.1, 0.15) is 5.82 Å². The van der Waals surface area contributed by atoms with Crippen molar-refractivity contribution in [3.8, 4) is 0 Å². The highest BCUT2D eigenvalue weighted by molar-refractivity contribution is 5.85. The molecule has 2 fully saturated rings. The van der Waals surface area contributed by atoms with Gasteiger partial charge in [-0.05, 0) is 56.5 Å². The lowest BCUT2D eigenvalue weighted by Gasteiger charge is -2.46. The van der Waals surface area contributed by atoms with Crippen molar-refractivity contribution in [3.05, 3.63) is 41.2 Å². The lowest BCUT2D eigenvalue weighted by atomic mass is 9.86. The Morgan fingerprint density at radius 3 is 2.60 bits per heavy atom. The fourth-order valence-corrected chi connectivity index (χ4v) is 4.19. The normalized spacial score (nSPS) is 26.3. The second kappa shape index (κ2) is 9.35. The van der Waals surface area contributed by atoms with Crippen molar-refractivity contribution in [1.82, 2.24) is 9.80 Å². The molecule has 2 saturated heterocycles. The highest BCUT2D eigenvalue weighted by Gasteiger charge is 2.35. The van der Waals surface area contributed by atoms with Crippen molar-refractivity contribution < 1.29 is 9.18 Å². The molecule has 138 valence electrons. The molecule has 0 saturated carbocycles. The lowest BCUT2D eigenvalue weighted by molar-refractivity contribution is -0.122. The molecule has 3 rings (SSSR count). The quantitative estimate of drug-likeness (QED) is 0.748. The number of hydrogen-bond donors (Lipinski definition) is 0. The highest BCUT2D eigenvalue weighted by atomic mass is 35.5. The van der Waals surface area contributed by atoms with Crippen LogP contribution >= 0.6 is 12.4 Å². The molecule has 2 aliphatic heterocycles. The van der Waals surface area contributed by atoms with E-state index in [9.17, 15) is 9.18 Å². The minimum atomic E-state index is -0.202. The molecule has 0 bridgehead atoms. The van der Waals surface area contributed by atoms with Crippen LogP contribution < -0.4 is 0 Å². The first-order chi connectivity index (χ1) is 11.7. The van der Waals surface area contributed by atoms with Gasteiger partial charge in [-0.15, -0.1) is 12.4 Å². The van der Waals surface area contributed by atoms with Crippen molar-refractivity contribution in [2.75, 3.05) is 19.6 Å². The Morgan fingerprint density at radius 1 is 1.16 bits per heavy atom. The number of benzene rings is 1. The van der Waals surface area contributed by atoms with E-state index < -0.39 is 0 Å². The van der Waals surface area contributed by atoms with Crippen LogP contribution in [0.1, 0.15) is 44.6 Å². The zero-order valence-corrected chi connectivity index (χ0v) is 15.7. The van der Waals surface area contributed by atoms with Gasteiger partial charge in [0.15, 0.2) is 0 Å². The number of amides is 1. The van der Waals surface area contributed by atoms with Gasteiger partial charge in [0.2, 0.25) is 6.41 Å². The molecule has 0 aromatic heterocycles. The third-order valence-corrected chi connectivity index (χ3v) is 5.48. The minimum absolute atomic E-state index is 0. The van der Waals surface area contributed by atoms with Gasteiger partial charge in [-0.3, -0.25) is 9.69 Å². The van der Waals surface area contributed by atoms with Crippen LogP contribution in [0.2, 0.25) is 0 Å². The molecular formula is C20H28ClFN2O. The predicted octanol–water partition coefficient (Wildman–Crippen LogP) is 4.13. The molecule has 1 amide bonds. The smallest absolute Gasteiger partial charge is 0.210 e. The molecule has 0 aliphatic carbocycles. The summed E-state index contributed by atoms with van der Waals surface area (Å²) in [7, 11) is 0. The van der Waals surface area contributed by atoms with Crippen molar-refractivity contribution in [1.29, 1.82) is 0 Å². The first kappa shape index (κ1) is 19.9. The zero-order valence-electron chi connectivity index (χ0n) is 14.9. The fraction of sp³-hybridized carbons (Fsp3) is 0.550. The van der Waals surface area contributed by atoms with Crippen LogP contribution in [0.25, 0.3) is 6.08 Å². The minimum Gasteiger partial charge on any atom is -0.340 e. The maximum atomic E-state index is 13.1. The molecular weight excluding hydrogens is 339 g/mol. The van der Waals surface area contributed by atoms with Crippen LogP contribution in [0.3, 0.4) is 0 Å². The molecule has 1 unspecified atom stereocenters. The van der Waals surface area contributed by atoms with E-state index in [1.807, 2.05) is 17.0 Å². The standard InChI is InChI=1S/C20H27FN2O.ClH/c1-2-22-11-4-3-5-19(22)20-14-17(10-12-23(20)15-24)13-16-6-8-18(21)9-7-16;/h6-9,13,15,19-20H,2-5,10-12,14H2,1H3;1H/t19-,20?;/m0./s1. The SMILES string of the molecule is CCN1CCCC[C@H]1C1CC(=Cc2ccc(F)cc2)CCN1C=O.Cl. The summed E-state index contributed by atoms with van der Waals surface area (Å²) < 4.78 is 13.1. The largest absolute Gasteiger partial charge is 0.340 e. The van der Waals surface area contributed by atoms with Gasteiger partial charge in [0, 0.05) is 12.6 Å². The number of rotatable bonds is 4. The Labute approximate surface area is 156 Å². The monoisotopic (exact) mass is 366 g/mol. The number of piperidine rings is 2. The van der Waals surface area contributed by atoms with Crippen LogP contribution in [-0.4, -0.2) is 47.9 Å². The molecule has 0 N–H and O–H groups in total. The van der Waals surface area contributed by atoms with Gasteiger partial charge >= 0.3 is 0 Å². The van der Waals surface area contributed by atoms with Crippen LogP contribution in [0, 0.1) is 5.82 Å². The molecule has 2 atom stereocenters. The average Bonchev–Trinajstić information content (AvgIpc) is 2.63. The van der Waals surface area contributed by atoms with E-state index in [1.54, 1.807) is 0 Å². The molecule has 1 aromatic carbocycles. The third kappa shape index (κ3) is 4.83. The Hall–Kier alpha value is -1.39. The first-order valence-corrected chi connectivity index (χ1v) is 9.11. The molecule has 3 nitrogen and oxygen atoms in total. The number of halogens is 2. The number of carbonyl (C=O) groups excluding carboxylic acids is 1. The van der Waals surface area contributed by atoms with Crippen LogP contribution in [0.15, 0.2) is 29.8 Å². The highest BCUT2D eigenvalue weighted by Crippen LogP contribution is 2.31. The molecule has 0 spiro atoms. The van der Waals surface area contributed by atoms with E-state index in [4.69, 9.17) is 0 Å². The molecule has 25 heavy (non-hydrogen) atoms. The fourth-order valence-electron chi connectivity index (χ4n) is 4.19. The Morgan fingerprint density at radius 2 is 1.92 bits per heavy atom. The van der Waals surface area contributed by atoms with Gasteiger partial charge in [-0.1, -0.05) is 37.1 Å². The number of likely N-dealkylation sites (tertiary alicyclic amines) is 2. The Kier molecular flexibility index (Phi) is 7.45. The molecule has 2 heterocycles. The number of hydrogen-bond acceptors (Lipinski definition) is 2. The summed E-state index contributed by atoms with van der Waals surface area (Å²) in [5, 5.41) is 0. The molecule has 5 heteroatoms. The van der Waals surface area contributed by atoms with Crippen molar-refractivity contribution in [3.63, 3.8) is 0 Å². The summed E-state index contributed by atoms with van der Waals surface area (Å²) in [5.41, 5.74) is 2.41. The summed E-state index contributed by atoms with van der Waals surface area (Å²) >= 11 is 0. The molecule has 0 radical (unpaired) electrons. The molecule has 1 aromatic rings. The maximum Gasteiger partial charge on any atom is 0.210 e. The van der Waals surface area contributed by atoms with E-state index in [1.165, 1.54) is 37.0 Å². The number of carbonyl (C=O) groups is 1. The second-order valence-corrected chi connectivity index (χ2v) is 6.91. The predicted molar refractivity (Wildman–Crippen MR) is 102 cm³/mol. The van der Waals surface area contributed by atoms with Gasteiger partial charge in [0.25, 0.3) is 0 Å². The number of likely N-dealkylation sites (N-methyl/N-ethyl adjacent to an activating group) is 1. The van der Waals surface area contributed by atoms with E-state index in [0.717, 1.165) is 44.4 Å². The van der Waals surface area contributed by atoms with E-state index in [2.05, 4.69) is 17.9 Å². The summed E-state index contributed by atoms with van der Waals surface area (Å²) in [5.74, 6) is -0.202. The summed E-state index contributed by atoms with van der Waals surface area (Å²) in [4.78, 5) is 16.1. The third-order valence-electron chi connectivity index (χ3n) is 5.48. The topological polar surface area (TPSA) is 23.6 Å². The Bertz CT molecular complexity index is 590. The number of nitrogens with zero attached hydrogens (tertiary/aromatic N) is 2. The summed E-state index contributed by atoms with van der Waals surface area (Å²) in [6, 6.07) is 7.38. The van der Waals surface area contributed by atoms with Crippen molar-refractivity contribution >= 4 is 24.9 Å². The average molecular weight is 367 g/mol. The second-order valence-electron chi connectivity index (χ2n) is 6.91.